The minimum atomic E-state index is -0.881. The second kappa shape index (κ2) is 12.6. The molecule has 1 aromatic carbocycles. The Morgan fingerprint density at radius 2 is 1.73 bits per heavy atom. The molecule has 0 radical (unpaired) electrons. The zero-order valence-corrected chi connectivity index (χ0v) is 24.6. The van der Waals surface area contributed by atoms with E-state index in [2.05, 4.69) is 35.8 Å². The third-order valence-corrected chi connectivity index (χ3v) is 7.63. The molecule has 0 aliphatic rings. The third-order valence-electron chi connectivity index (χ3n) is 6.32. The molecule has 0 bridgehead atoms. The summed E-state index contributed by atoms with van der Waals surface area (Å²) < 4.78 is 36.6. The number of hydroxylamine groups is 1. The van der Waals surface area contributed by atoms with Gasteiger partial charge >= 0.3 is 11.7 Å². The highest BCUT2D eigenvalue weighted by Crippen LogP contribution is 2.37. The Balaban J connectivity index is 1.79. The van der Waals surface area contributed by atoms with Gasteiger partial charge in [0.05, 0.1) is 26.2 Å². The van der Waals surface area contributed by atoms with Crippen molar-refractivity contribution >= 4 is 33.5 Å². The summed E-state index contributed by atoms with van der Waals surface area (Å²) in [5.74, 6) is -1.69. The van der Waals surface area contributed by atoms with E-state index in [1.54, 1.807) is 14.1 Å². The number of ether oxygens (including phenoxy) is 1. The summed E-state index contributed by atoms with van der Waals surface area (Å²) in [5.41, 5.74) is 1.12. The highest BCUT2D eigenvalue weighted by atomic mass is 32.1. The Hall–Kier alpha value is -5.13. The van der Waals surface area contributed by atoms with Crippen LogP contribution >= 0.6 is 11.3 Å². The van der Waals surface area contributed by atoms with E-state index in [0.717, 1.165) is 32.6 Å². The fraction of sp³-hybridized carbons (Fsp3) is 0.222. The lowest BCUT2D eigenvalue weighted by molar-refractivity contribution is 0.114. The number of amides is 2. The van der Waals surface area contributed by atoms with Gasteiger partial charge in [-0.3, -0.25) is 19.5 Å². The largest absolute Gasteiger partial charge is 0.480 e. The predicted octanol–water partition coefficient (Wildman–Crippen LogP) is 2.54. The van der Waals surface area contributed by atoms with Crippen LogP contribution in [-0.2, 0) is 17.9 Å². The highest BCUT2D eigenvalue weighted by molar-refractivity contribution is 7.22. The number of halogens is 2. The fourth-order valence-corrected chi connectivity index (χ4v) is 5.69. The lowest BCUT2D eigenvalue weighted by atomic mass is 10.1. The molecule has 0 saturated carbocycles. The number of urea groups is 1. The zero-order valence-electron chi connectivity index (χ0n) is 23.8. The molecule has 0 aliphatic heterocycles. The Morgan fingerprint density at radius 1 is 1.02 bits per heavy atom. The zero-order chi connectivity index (χ0) is 31.5. The number of hydrogen-bond acceptors (Lipinski definition) is 11. The van der Waals surface area contributed by atoms with Crippen molar-refractivity contribution < 1.29 is 23.1 Å². The van der Waals surface area contributed by atoms with E-state index < -0.39 is 35.5 Å². The van der Waals surface area contributed by atoms with E-state index in [-0.39, 0.29) is 40.0 Å². The molecule has 0 atom stereocenters. The summed E-state index contributed by atoms with van der Waals surface area (Å²) in [6.07, 6.45) is 2.87. The average Bonchev–Trinajstić information content (AvgIpc) is 3.36. The molecule has 5 aromatic rings. The Morgan fingerprint density at radius 3 is 2.32 bits per heavy atom. The van der Waals surface area contributed by atoms with E-state index in [9.17, 15) is 23.2 Å². The molecule has 0 aliphatic carbocycles. The number of nitrogens with one attached hydrogen (secondary N) is 2. The van der Waals surface area contributed by atoms with Crippen LogP contribution in [0.5, 0.6) is 5.88 Å². The van der Waals surface area contributed by atoms with E-state index in [4.69, 9.17) is 4.74 Å². The van der Waals surface area contributed by atoms with Crippen LogP contribution in [0, 0.1) is 11.6 Å². The first-order valence-corrected chi connectivity index (χ1v) is 13.6. The number of carbonyl (C=O) groups excluding carboxylic acids is 1. The first kappa shape index (κ1) is 30.3. The number of nitrogens with zero attached hydrogens (tertiary/aromatic N) is 7. The smallest absolute Gasteiger partial charge is 0.345 e. The van der Waals surface area contributed by atoms with Gasteiger partial charge < -0.3 is 9.64 Å². The lowest BCUT2D eigenvalue weighted by Gasteiger charge is -2.14. The second-order valence-electron chi connectivity index (χ2n) is 9.53. The molecule has 0 fully saturated rings. The number of hydrogen-bond donors (Lipinski definition) is 2. The molecule has 2 amide bonds. The van der Waals surface area contributed by atoms with Gasteiger partial charge in [0.25, 0.3) is 5.56 Å². The van der Waals surface area contributed by atoms with Crippen LogP contribution in [0.3, 0.4) is 0 Å². The maximum absolute atomic E-state index is 14.8. The monoisotopic (exact) mass is 625 g/mol. The topological polar surface area (TPSA) is 158 Å². The molecule has 228 valence electrons. The van der Waals surface area contributed by atoms with Crippen LogP contribution in [0.2, 0.25) is 0 Å². The number of rotatable bonds is 9. The van der Waals surface area contributed by atoms with Crippen LogP contribution in [0.25, 0.3) is 26.5 Å². The van der Waals surface area contributed by atoms with Crippen molar-refractivity contribution in [3.8, 4) is 22.1 Å². The van der Waals surface area contributed by atoms with Gasteiger partial charge in [0.15, 0.2) is 5.82 Å². The number of fused-ring (bicyclic) bond motifs is 1. The highest BCUT2D eigenvalue weighted by Gasteiger charge is 2.26. The summed E-state index contributed by atoms with van der Waals surface area (Å²) in [6, 6.07) is 5.51. The van der Waals surface area contributed by atoms with Crippen LogP contribution in [0.1, 0.15) is 11.1 Å². The summed E-state index contributed by atoms with van der Waals surface area (Å²) >= 11 is 1.07. The first-order chi connectivity index (χ1) is 21.1. The number of methoxy groups -OCH3 is 1. The fourth-order valence-electron chi connectivity index (χ4n) is 4.42. The van der Waals surface area contributed by atoms with Crippen LogP contribution in [-0.4, -0.2) is 68.5 Å². The second-order valence-corrected chi connectivity index (χ2v) is 10.5. The van der Waals surface area contributed by atoms with Crippen molar-refractivity contribution in [3.63, 3.8) is 0 Å². The molecule has 5 rings (SSSR count). The van der Waals surface area contributed by atoms with Crippen molar-refractivity contribution in [3.05, 3.63) is 86.3 Å². The molecule has 0 saturated heterocycles. The molecule has 0 unspecified atom stereocenters. The number of anilines is 1. The SMILES string of the molecule is CONC(=O)Nc1ncc(-c2sc3c(c2CN(C)C)c(=O)n(-c2ccc(OC)nn2)c(=O)n3Cc2c(F)cccc2F)cn1. The Bertz CT molecular complexity index is 1940. The van der Waals surface area contributed by atoms with Crippen molar-refractivity contribution in [2.75, 3.05) is 33.6 Å². The molecule has 44 heavy (non-hydrogen) atoms. The van der Waals surface area contributed by atoms with Crippen molar-refractivity contribution in [2.45, 2.75) is 13.1 Å². The average molecular weight is 626 g/mol. The van der Waals surface area contributed by atoms with E-state index in [1.807, 2.05) is 4.90 Å². The van der Waals surface area contributed by atoms with E-state index >= 15 is 0 Å². The van der Waals surface area contributed by atoms with E-state index in [0.29, 0.717) is 16.0 Å². The van der Waals surface area contributed by atoms with Crippen molar-refractivity contribution in [1.82, 2.24) is 39.7 Å². The van der Waals surface area contributed by atoms with Crippen LogP contribution in [0.15, 0.2) is 52.3 Å². The Kier molecular flexibility index (Phi) is 8.70. The normalized spacial score (nSPS) is 11.2. The summed E-state index contributed by atoms with van der Waals surface area (Å²) in [7, 11) is 6.25. The molecular formula is C27H25F2N9O5S. The molecule has 2 N–H and O–H groups in total. The van der Waals surface area contributed by atoms with Gasteiger partial charge in [0, 0.05) is 41.0 Å². The van der Waals surface area contributed by atoms with E-state index in [1.165, 1.54) is 44.8 Å². The molecule has 4 heterocycles. The standard InChI is InChI=1S/C27H25F2N9O5S/c1-36(2)12-16-21-23(39)38(19-8-9-20(42-3)34-33-19)27(41)37(13-15-17(28)6-5-7-18(15)29)24(21)44-22(16)14-10-30-25(31-11-14)32-26(40)35-43-4/h5-11H,12-13H2,1-4H3,(H2,30,31,32,35,40). The maximum Gasteiger partial charge on any atom is 0.345 e. The van der Waals surface area contributed by atoms with Gasteiger partial charge in [0.2, 0.25) is 11.8 Å². The summed E-state index contributed by atoms with van der Waals surface area (Å²) in [6.45, 7) is -0.283. The maximum atomic E-state index is 14.8. The molecule has 17 heteroatoms. The van der Waals surface area contributed by atoms with Gasteiger partial charge in [-0.25, -0.2) is 38.4 Å². The van der Waals surface area contributed by atoms with Crippen molar-refractivity contribution in [1.29, 1.82) is 0 Å². The number of thiophene rings is 1. The van der Waals surface area contributed by atoms with Gasteiger partial charge in [-0.2, -0.15) is 0 Å². The predicted molar refractivity (Wildman–Crippen MR) is 157 cm³/mol. The van der Waals surface area contributed by atoms with Gasteiger partial charge in [-0.15, -0.1) is 21.5 Å². The minimum Gasteiger partial charge on any atom is -0.480 e. The molecular weight excluding hydrogens is 600 g/mol. The summed E-state index contributed by atoms with van der Waals surface area (Å²) in [4.78, 5) is 55.3. The number of benzene rings is 1. The third kappa shape index (κ3) is 5.87. The van der Waals surface area contributed by atoms with Gasteiger partial charge in [-0.05, 0) is 37.9 Å². The number of carbonyl (C=O) groups is 1. The lowest BCUT2D eigenvalue weighted by Crippen LogP contribution is -2.39. The van der Waals surface area contributed by atoms with Gasteiger partial charge in [0.1, 0.15) is 16.5 Å². The first-order valence-electron chi connectivity index (χ1n) is 12.8. The van der Waals surface area contributed by atoms with Crippen LogP contribution < -0.4 is 26.8 Å². The Labute approximate surface area is 251 Å². The summed E-state index contributed by atoms with van der Waals surface area (Å²) in [5, 5.41) is 10.4. The van der Waals surface area contributed by atoms with Crippen molar-refractivity contribution in [2.24, 2.45) is 0 Å². The molecule has 4 aromatic heterocycles. The number of aromatic nitrogens is 6. The molecule has 0 spiro atoms. The van der Waals surface area contributed by atoms with Crippen LogP contribution in [0.4, 0.5) is 19.5 Å². The quantitative estimate of drug-likeness (QED) is 0.233. The minimum absolute atomic E-state index is 0.0223. The molecule has 14 nitrogen and oxygen atoms in total. The van der Waals surface area contributed by atoms with Gasteiger partial charge in [-0.1, -0.05) is 6.07 Å².